The molecule has 1 aliphatic rings. The number of hydrogen-bond donors (Lipinski definition) is 2. The van der Waals surface area contributed by atoms with Crippen LogP contribution in [-0.4, -0.2) is 30.4 Å². The molecule has 0 radical (unpaired) electrons. The first-order valence-corrected chi connectivity index (χ1v) is 8.58. The molecule has 0 spiro atoms. The summed E-state index contributed by atoms with van der Waals surface area (Å²) in [4.78, 5) is 26.7. The van der Waals surface area contributed by atoms with E-state index >= 15 is 0 Å². The first kappa shape index (κ1) is 20.6. The summed E-state index contributed by atoms with van der Waals surface area (Å²) < 4.78 is 5.11. The molecule has 6 nitrogen and oxygen atoms in total. The first-order valence-electron chi connectivity index (χ1n) is 8.58. The van der Waals surface area contributed by atoms with Gasteiger partial charge in [0.15, 0.2) is 0 Å². The molecule has 3 rings (SSSR count). The third-order valence-electron chi connectivity index (χ3n) is 4.78. The second kappa shape index (κ2) is 8.77. The fraction of sp³-hybridized carbons (Fsp3) is 0.300. The summed E-state index contributed by atoms with van der Waals surface area (Å²) in [7, 11) is 1.54. The van der Waals surface area contributed by atoms with E-state index in [-0.39, 0.29) is 42.6 Å². The SMILES string of the molecule is COc1ccc(NC(=O)C2CC(=O)N(C(C)c3ccccc3)C2)cc1N.Cl. The highest BCUT2D eigenvalue weighted by Crippen LogP contribution is 2.30. The van der Waals surface area contributed by atoms with Crippen LogP contribution in [0, 0.1) is 5.92 Å². The minimum absolute atomic E-state index is 0. The van der Waals surface area contributed by atoms with E-state index < -0.39 is 0 Å². The zero-order valence-electron chi connectivity index (χ0n) is 15.3. The molecule has 7 heteroatoms. The highest BCUT2D eigenvalue weighted by Gasteiger charge is 2.37. The average Bonchev–Trinajstić information content (AvgIpc) is 3.04. The number of nitrogens with zero attached hydrogens (tertiary/aromatic N) is 1. The zero-order chi connectivity index (χ0) is 18.7. The van der Waals surface area contributed by atoms with E-state index in [1.54, 1.807) is 23.1 Å². The van der Waals surface area contributed by atoms with Crippen LogP contribution in [0.2, 0.25) is 0 Å². The number of nitrogens with two attached hydrogens (primary N) is 1. The predicted molar refractivity (Wildman–Crippen MR) is 108 cm³/mol. The molecule has 1 fully saturated rings. The Morgan fingerprint density at radius 3 is 2.59 bits per heavy atom. The van der Waals surface area contributed by atoms with E-state index in [1.807, 2.05) is 37.3 Å². The van der Waals surface area contributed by atoms with Gasteiger partial charge in [-0.15, -0.1) is 12.4 Å². The Balaban J connectivity index is 0.00000261. The van der Waals surface area contributed by atoms with Crippen molar-refractivity contribution in [2.75, 3.05) is 24.7 Å². The Morgan fingerprint density at radius 1 is 1.26 bits per heavy atom. The van der Waals surface area contributed by atoms with E-state index in [4.69, 9.17) is 10.5 Å². The van der Waals surface area contributed by atoms with Crippen molar-refractivity contribution < 1.29 is 14.3 Å². The molecule has 2 aromatic rings. The lowest BCUT2D eigenvalue weighted by Gasteiger charge is -2.25. The van der Waals surface area contributed by atoms with Crippen molar-refractivity contribution >= 4 is 35.6 Å². The number of methoxy groups -OCH3 is 1. The van der Waals surface area contributed by atoms with Gasteiger partial charge in [-0.2, -0.15) is 0 Å². The maximum atomic E-state index is 12.6. The maximum absolute atomic E-state index is 12.6. The van der Waals surface area contributed by atoms with Crippen LogP contribution in [0.5, 0.6) is 5.75 Å². The van der Waals surface area contributed by atoms with Crippen molar-refractivity contribution in [3.63, 3.8) is 0 Å². The minimum Gasteiger partial charge on any atom is -0.495 e. The van der Waals surface area contributed by atoms with E-state index in [2.05, 4.69) is 5.32 Å². The topological polar surface area (TPSA) is 84.7 Å². The van der Waals surface area contributed by atoms with Crippen molar-refractivity contribution in [1.82, 2.24) is 4.90 Å². The van der Waals surface area contributed by atoms with Crippen LogP contribution in [0.15, 0.2) is 48.5 Å². The number of rotatable bonds is 5. The second-order valence-electron chi connectivity index (χ2n) is 6.48. The van der Waals surface area contributed by atoms with Crippen molar-refractivity contribution in [2.24, 2.45) is 5.92 Å². The van der Waals surface area contributed by atoms with Gasteiger partial charge in [0.05, 0.1) is 24.8 Å². The number of amides is 2. The molecule has 0 aromatic heterocycles. The van der Waals surface area contributed by atoms with Gasteiger partial charge in [-0.05, 0) is 30.7 Å². The lowest BCUT2D eigenvalue weighted by molar-refractivity contribution is -0.129. The lowest BCUT2D eigenvalue weighted by atomic mass is 10.1. The summed E-state index contributed by atoms with van der Waals surface area (Å²) in [6, 6.07) is 14.9. The van der Waals surface area contributed by atoms with Crippen LogP contribution >= 0.6 is 12.4 Å². The van der Waals surface area contributed by atoms with Crippen LogP contribution in [0.1, 0.15) is 24.9 Å². The van der Waals surface area contributed by atoms with E-state index in [9.17, 15) is 9.59 Å². The Bertz CT molecular complexity index is 813. The fourth-order valence-corrected chi connectivity index (χ4v) is 3.25. The van der Waals surface area contributed by atoms with Gasteiger partial charge in [0.1, 0.15) is 5.75 Å². The average molecular weight is 390 g/mol. The third-order valence-corrected chi connectivity index (χ3v) is 4.78. The Labute approximate surface area is 165 Å². The molecule has 2 atom stereocenters. The van der Waals surface area contributed by atoms with Gasteiger partial charge in [0.2, 0.25) is 11.8 Å². The molecule has 0 aliphatic carbocycles. The van der Waals surface area contributed by atoms with Crippen LogP contribution in [0.25, 0.3) is 0 Å². The number of likely N-dealkylation sites (tertiary alicyclic amines) is 1. The molecule has 27 heavy (non-hydrogen) atoms. The number of halogens is 1. The normalized spacial score (nSPS) is 17.2. The number of nitrogens with one attached hydrogen (secondary N) is 1. The quantitative estimate of drug-likeness (QED) is 0.769. The number of anilines is 2. The first-order chi connectivity index (χ1) is 12.5. The van der Waals surface area contributed by atoms with Gasteiger partial charge < -0.3 is 20.7 Å². The number of hydrogen-bond acceptors (Lipinski definition) is 4. The smallest absolute Gasteiger partial charge is 0.229 e. The predicted octanol–water partition coefficient (Wildman–Crippen LogP) is 3.25. The van der Waals surface area contributed by atoms with Crippen LogP contribution in [-0.2, 0) is 9.59 Å². The summed E-state index contributed by atoms with van der Waals surface area (Å²) in [5.41, 5.74) is 7.97. The summed E-state index contributed by atoms with van der Waals surface area (Å²) in [5, 5.41) is 2.84. The highest BCUT2D eigenvalue weighted by atomic mass is 35.5. The van der Waals surface area contributed by atoms with Gasteiger partial charge in [-0.25, -0.2) is 0 Å². The van der Waals surface area contributed by atoms with E-state index in [0.717, 1.165) is 5.56 Å². The number of ether oxygens (including phenoxy) is 1. The van der Waals surface area contributed by atoms with Crippen molar-refractivity contribution in [1.29, 1.82) is 0 Å². The largest absolute Gasteiger partial charge is 0.495 e. The van der Waals surface area contributed by atoms with Gasteiger partial charge in [0, 0.05) is 18.7 Å². The van der Waals surface area contributed by atoms with E-state index in [0.29, 0.717) is 23.7 Å². The lowest BCUT2D eigenvalue weighted by Crippen LogP contribution is -2.30. The molecule has 2 aromatic carbocycles. The fourth-order valence-electron chi connectivity index (χ4n) is 3.25. The molecule has 1 aliphatic heterocycles. The Hall–Kier alpha value is -2.73. The number of benzene rings is 2. The molecule has 1 heterocycles. The molecule has 144 valence electrons. The van der Waals surface area contributed by atoms with Crippen molar-refractivity contribution in [2.45, 2.75) is 19.4 Å². The maximum Gasteiger partial charge on any atom is 0.229 e. The van der Waals surface area contributed by atoms with Crippen LogP contribution < -0.4 is 15.8 Å². The molecular weight excluding hydrogens is 366 g/mol. The Morgan fingerprint density at radius 2 is 1.96 bits per heavy atom. The molecule has 3 N–H and O–H groups in total. The minimum atomic E-state index is -0.378. The van der Waals surface area contributed by atoms with Crippen LogP contribution in [0.4, 0.5) is 11.4 Å². The van der Waals surface area contributed by atoms with Crippen molar-refractivity contribution in [3.8, 4) is 5.75 Å². The summed E-state index contributed by atoms with van der Waals surface area (Å²) >= 11 is 0. The molecule has 0 bridgehead atoms. The third kappa shape index (κ3) is 4.52. The molecule has 2 amide bonds. The molecule has 0 saturated carbocycles. The number of nitrogen functional groups attached to an aromatic ring is 1. The summed E-state index contributed by atoms with van der Waals surface area (Å²) in [5.74, 6) is 0.000295. The standard InChI is InChI=1S/C20H23N3O3.ClH/c1-13(14-6-4-3-5-7-14)23-12-15(10-19(23)24)20(25)22-16-8-9-18(26-2)17(21)11-16;/h3-9,11,13,15H,10,12,21H2,1-2H3,(H,22,25);1H. The highest BCUT2D eigenvalue weighted by molar-refractivity contribution is 5.97. The number of carbonyl (C=O) groups is 2. The number of carbonyl (C=O) groups excluding carboxylic acids is 2. The molecule has 1 saturated heterocycles. The van der Waals surface area contributed by atoms with Gasteiger partial charge >= 0.3 is 0 Å². The summed E-state index contributed by atoms with van der Waals surface area (Å²) in [6.45, 7) is 2.39. The van der Waals surface area contributed by atoms with Crippen LogP contribution in [0.3, 0.4) is 0 Å². The van der Waals surface area contributed by atoms with Gasteiger partial charge in [-0.1, -0.05) is 30.3 Å². The van der Waals surface area contributed by atoms with E-state index in [1.165, 1.54) is 7.11 Å². The molecule has 2 unspecified atom stereocenters. The second-order valence-corrected chi connectivity index (χ2v) is 6.48. The van der Waals surface area contributed by atoms with Gasteiger partial charge in [0.25, 0.3) is 0 Å². The van der Waals surface area contributed by atoms with Crippen molar-refractivity contribution in [3.05, 3.63) is 54.1 Å². The van der Waals surface area contributed by atoms with Gasteiger partial charge in [-0.3, -0.25) is 9.59 Å². The summed E-state index contributed by atoms with van der Waals surface area (Å²) in [6.07, 6.45) is 0.217. The zero-order valence-corrected chi connectivity index (χ0v) is 16.2. The molecular formula is C20H24ClN3O3. The monoisotopic (exact) mass is 389 g/mol. The Kier molecular flexibility index (Phi) is 6.69.